The zero-order chi connectivity index (χ0) is 25.8. The number of carboxylic acids is 1. The summed E-state index contributed by atoms with van der Waals surface area (Å²) < 4.78 is 0. The highest BCUT2D eigenvalue weighted by molar-refractivity contribution is 5.76. The van der Waals surface area contributed by atoms with Crippen LogP contribution in [0.25, 0.3) is 0 Å². The fraction of sp³-hybridized carbons (Fsp3) is 0.900. The molecule has 0 aliphatic heterocycles. The summed E-state index contributed by atoms with van der Waals surface area (Å²) in [4.78, 5) is 12.8. The first-order valence-corrected chi connectivity index (χ1v) is 14.1. The van der Waals surface area contributed by atoms with Crippen molar-refractivity contribution in [1.29, 1.82) is 0 Å². The molecule has 0 radical (unpaired) electrons. The number of allylic oxidation sites excluding steroid dienone is 1. The van der Waals surface area contributed by atoms with Gasteiger partial charge >= 0.3 is 5.97 Å². The van der Waals surface area contributed by atoms with Crippen LogP contribution in [0.3, 0.4) is 0 Å². The molecular formula is C30H48O5. The second kappa shape index (κ2) is 7.80. The fourth-order valence-corrected chi connectivity index (χ4v) is 11.7. The summed E-state index contributed by atoms with van der Waals surface area (Å²) in [6.45, 7) is 15.5. The van der Waals surface area contributed by atoms with Gasteiger partial charge in [-0.1, -0.05) is 39.8 Å². The summed E-state index contributed by atoms with van der Waals surface area (Å²) in [5.74, 6) is 0.742. The van der Waals surface area contributed by atoms with E-state index in [9.17, 15) is 25.2 Å². The zero-order valence-corrected chi connectivity index (χ0v) is 22.5. The molecule has 0 bridgehead atoms. The van der Waals surface area contributed by atoms with Crippen LogP contribution >= 0.6 is 0 Å². The Morgan fingerprint density at radius 2 is 1.60 bits per heavy atom. The van der Waals surface area contributed by atoms with E-state index in [0.29, 0.717) is 18.3 Å². The number of hydrogen-bond donors (Lipinski definition) is 4. The first-order chi connectivity index (χ1) is 16.2. The molecule has 0 aromatic heterocycles. The molecule has 5 nitrogen and oxygen atoms in total. The van der Waals surface area contributed by atoms with Crippen molar-refractivity contribution >= 4 is 5.97 Å². The summed E-state index contributed by atoms with van der Waals surface area (Å²) in [5, 5.41) is 42.9. The van der Waals surface area contributed by atoms with Crippen molar-refractivity contribution in [2.75, 3.05) is 6.61 Å². The van der Waals surface area contributed by atoms with Crippen LogP contribution in [0.4, 0.5) is 0 Å². The number of aliphatic hydroxyl groups excluding tert-OH is 3. The van der Waals surface area contributed by atoms with Gasteiger partial charge < -0.3 is 20.4 Å². The Kier molecular flexibility index (Phi) is 5.73. The summed E-state index contributed by atoms with van der Waals surface area (Å²) >= 11 is 0. The van der Waals surface area contributed by atoms with Crippen LogP contribution in [0, 0.1) is 56.7 Å². The highest BCUT2D eigenvalue weighted by Gasteiger charge is 2.72. The Labute approximate surface area is 211 Å². The molecule has 0 saturated heterocycles. The highest BCUT2D eigenvalue weighted by Crippen LogP contribution is 2.77. The minimum atomic E-state index is -0.900. The van der Waals surface area contributed by atoms with Crippen molar-refractivity contribution in [2.45, 2.75) is 105 Å². The maximum Gasteiger partial charge on any atom is 0.309 e. The van der Waals surface area contributed by atoms with E-state index in [-0.39, 0.29) is 40.6 Å². The van der Waals surface area contributed by atoms with Gasteiger partial charge in [-0.3, -0.25) is 4.79 Å². The van der Waals surface area contributed by atoms with Crippen LogP contribution in [-0.2, 0) is 4.79 Å². The van der Waals surface area contributed by atoms with Crippen LogP contribution < -0.4 is 0 Å². The van der Waals surface area contributed by atoms with E-state index >= 15 is 0 Å². The van der Waals surface area contributed by atoms with Crippen LogP contribution in [-0.4, -0.2) is 45.2 Å². The molecule has 35 heavy (non-hydrogen) atoms. The lowest BCUT2D eigenvalue weighted by Crippen LogP contribution is -2.69. The Bertz CT molecular complexity index is 916. The predicted molar refractivity (Wildman–Crippen MR) is 135 cm³/mol. The van der Waals surface area contributed by atoms with E-state index in [2.05, 4.69) is 34.3 Å². The van der Waals surface area contributed by atoms with Gasteiger partial charge in [-0.15, -0.1) is 0 Å². The second-order valence-corrected chi connectivity index (χ2v) is 14.5. The van der Waals surface area contributed by atoms with Gasteiger partial charge in [0.25, 0.3) is 0 Å². The van der Waals surface area contributed by atoms with Gasteiger partial charge in [0.2, 0.25) is 0 Å². The zero-order valence-electron chi connectivity index (χ0n) is 22.5. The van der Waals surface area contributed by atoms with Crippen molar-refractivity contribution in [2.24, 2.45) is 56.7 Å². The second-order valence-electron chi connectivity index (χ2n) is 14.5. The highest BCUT2D eigenvalue weighted by atomic mass is 16.4. The van der Waals surface area contributed by atoms with Gasteiger partial charge in [0, 0.05) is 5.41 Å². The average Bonchev–Trinajstić information content (AvgIpc) is 3.19. The predicted octanol–water partition coefficient (Wildman–Crippen LogP) is 5.03. The van der Waals surface area contributed by atoms with Crippen LogP contribution in [0.15, 0.2) is 12.2 Å². The third kappa shape index (κ3) is 2.95. The third-order valence-corrected chi connectivity index (χ3v) is 13.6. The molecular weight excluding hydrogens is 440 g/mol. The Balaban J connectivity index is 1.58. The molecule has 0 spiro atoms. The minimum Gasteiger partial charge on any atom is -0.481 e. The van der Waals surface area contributed by atoms with Gasteiger partial charge in [0.05, 0.1) is 24.2 Å². The average molecular weight is 489 g/mol. The number of fused-ring (bicyclic) bond motifs is 7. The van der Waals surface area contributed by atoms with Crippen LogP contribution in [0.1, 0.15) is 92.4 Å². The Morgan fingerprint density at radius 3 is 2.20 bits per heavy atom. The topological polar surface area (TPSA) is 98.0 Å². The summed E-state index contributed by atoms with van der Waals surface area (Å²) in [7, 11) is 0. The lowest BCUT2D eigenvalue weighted by atomic mass is 9.32. The van der Waals surface area contributed by atoms with E-state index in [0.717, 1.165) is 56.9 Å². The number of carboxylic acid groups (broad SMARTS) is 1. The first-order valence-electron chi connectivity index (χ1n) is 14.1. The van der Waals surface area contributed by atoms with Gasteiger partial charge in [-0.2, -0.15) is 0 Å². The monoisotopic (exact) mass is 488 g/mol. The van der Waals surface area contributed by atoms with E-state index < -0.39 is 29.0 Å². The molecule has 0 amide bonds. The van der Waals surface area contributed by atoms with E-state index in [1.54, 1.807) is 0 Å². The largest absolute Gasteiger partial charge is 0.481 e. The lowest BCUT2D eigenvalue weighted by Gasteiger charge is -2.73. The molecule has 0 aromatic carbocycles. The molecule has 0 aromatic rings. The van der Waals surface area contributed by atoms with E-state index in [1.165, 1.54) is 0 Å². The fourth-order valence-electron chi connectivity index (χ4n) is 11.7. The number of aliphatic carboxylic acids is 1. The molecule has 0 unspecified atom stereocenters. The molecule has 198 valence electrons. The van der Waals surface area contributed by atoms with Crippen molar-refractivity contribution in [1.82, 2.24) is 0 Å². The lowest BCUT2D eigenvalue weighted by molar-refractivity contribution is -0.270. The minimum absolute atomic E-state index is 0.0299. The number of hydrogen-bond acceptors (Lipinski definition) is 4. The number of carbonyl (C=O) groups is 1. The van der Waals surface area contributed by atoms with E-state index in [1.807, 2.05) is 6.92 Å². The van der Waals surface area contributed by atoms with Gasteiger partial charge in [0.15, 0.2) is 0 Å². The SMILES string of the molecule is C=C(C)[C@@H]1CC[C@]2(C(=O)O)CC[C@]3(C)[C@H](CC[C@@H]4[C@@]5(C)C[C@@H](O)[C@H](O)[C@@](C)(CO)[C@@H]5CC[C@]43C)[C@@H]12. The Morgan fingerprint density at radius 1 is 0.914 bits per heavy atom. The van der Waals surface area contributed by atoms with Crippen molar-refractivity contribution in [3.05, 3.63) is 12.2 Å². The smallest absolute Gasteiger partial charge is 0.309 e. The van der Waals surface area contributed by atoms with Crippen molar-refractivity contribution in [3.8, 4) is 0 Å². The summed E-state index contributed by atoms with van der Waals surface area (Å²) in [5.41, 5.74) is -0.268. The molecule has 5 saturated carbocycles. The van der Waals surface area contributed by atoms with Gasteiger partial charge in [-0.25, -0.2) is 0 Å². The third-order valence-electron chi connectivity index (χ3n) is 13.6. The molecule has 5 aliphatic carbocycles. The molecule has 5 fully saturated rings. The van der Waals surface area contributed by atoms with Gasteiger partial charge in [0.1, 0.15) is 0 Å². The quantitative estimate of drug-likeness (QED) is 0.418. The van der Waals surface area contributed by atoms with Crippen LogP contribution in [0.2, 0.25) is 0 Å². The van der Waals surface area contributed by atoms with Crippen molar-refractivity contribution in [3.63, 3.8) is 0 Å². The van der Waals surface area contributed by atoms with Crippen LogP contribution in [0.5, 0.6) is 0 Å². The maximum absolute atomic E-state index is 12.8. The Hall–Kier alpha value is -0.910. The normalized spacial score (nSPS) is 57.4. The molecule has 4 N–H and O–H groups in total. The molecule has 5 heteroatoms. The summed E-state index contributed by atoms with van der Waals surface area (Å²) in [6.07, 6.45) is 6.29. The molecule has 0 heterocycles. The standard InChI is InChI=1S/C30H48O5/c1-17(2)18-9-12-30(25(34)35)14-13-28(5)19(23(18)30)7-8-22-26(3)15-20(32)24(33)27(4,16-31)21(26)10-11-29(22,28)6/h18-24,31-33H,1,7-16H2,2-6H3,(H,34,35)/t18-,19+,20+,21+,22+,23+,24-,26-,27-,28+,29+,30-/m0/s1. The number of rotatable bonds is 3. The van der Waals surface area contributed by atoms with Gasteiger partial charge in [-0.05, 0) is 111 Å². The number of aliphatic hydroxyl groups is 3. The summed E-state index contributed by atoms with van der Waals surface area (Å²) in [6, 6.07) is 0. The molecule has 5 rings (SSSR count). The van der Waals surface area contributed by atoms with E-state index in [4.69, 9.17) is 0 Å². The van der Waals surface area contributed by atoms with Crippen molar-refractivity contribution < 1.29 is 25.2 Å². The molecule has 5 aliphatic rings. The maximum atomic E-state index is 12.8. The first kappa shape index (κ1) is 25.7. The molecule has 12 atom stereocenters.